The lowest BCUT2D eigenvalue weighted by Gasteiger charge is -2.17. The Labute approximate surface area is 105 Å². The Morgan fingerprint density at radius 2 is 2.06 bits per heavy atom. The van der Waals surface area contributed by atoms with E-state index in [1.165, 1.54) is 0 Å². The third kappa shape index (κ3) is 4.38. The Hall–Kier alpha value is -1.04. The van der Waals surface area contributed by atoms with E-state index in [1.54, 1.807) is 24.3 Å². The van der Waals surface area contributed by atoms with Crippen molar-refractivity contribution >= 4 is 18.6 Å². The van der Waals surface area contributed by atoms with Gasteiger partial charge < -0.3 is 15.3 Å². The van der Waals surface area contributed by atoms with Gasteiger partial charge in [0.25, 0.3) is 0 Å². The molecule has 0 radical (unpaired) electrons. The molecule has 94 valence electrons. The van der Waals surface area contributed by atoms with E-state index in [0.29, 0.717) is 23.3 Å². The van der Waals surface area contributed by atoms with Gasteiger partial charge in [-0.15, -0.1) is 0 Å². The summed E-state index contributed by atoms with van der Waals surface area (Å²) >= 11 is 3.98. The number of hydrogen-bond donors (Lipinski definition) is 4. The Morgan fingerprint density at radius 3 is 2.65 bits per heavy atom. The fourth-order valence-corrected chi connectivity index (χ4v) is 1.84. The number of hydrogen-bond acceptors (Lipinski definition) is 4. The van der Waals surface area contributed by atoms with Gasteiger partial charge in [-0.25, -0.2) is 0 Å². The zero-order chi connectivity index (χ0) is 12.8. The van der Waals surface area contributed by atoms with E-state index >= 15 is 0 Å². The van der Waals surface area contributed by atoms with Crippen LogP contribution in [-0.4, -0.2) is 33.1 Å². The van der Waals surface area contributed by atoms with Gasteiger partial charge in [-0.05, 0) is 23.3 Å². The van der Waals surface area contributed by atoms with E-state index in [9.17, 15) is 15.0 Å². The van der Waals surface area contributed by atoms with Crippen molar-refractivity contribution in [2.45, 2.75) is 25.0 Å². The summed E-state index contributed by atoms with van der Waals surface area (Å²) in [6.45, 7) is 0. The summed E-state index contributed by atoms with van der Waals surface area (Å²) in [5, 5.41) is 28.1. The number of thiol groups is 1. The third-order valence-corrected chi connectivity index (χ3v) is 2.70. The first-order valence-electron chi connectivity index (χ1n) is 5.32. The summed E-state index contributed by atoms with van der Waals surface area (Å²) in [5.74, 6) is -0.444. The number of aliphatic hydroxyl groups is 2. The van der Waals surface area contributed by atoms with Gasteiger partial charge in [0.05, 0.1) is 12.5 Å². The van der Waals surface area contributed by atoms with Gasteiger partial charge in [0.2, 0.25) is 0 Å². The highest BCUT2D eigenvalue weighted by Crippen LogP contribution is 2.20. The lowest BCUT2D eigenvalue weighted by Crippen LogP contribution is -2.18. The highest BCUT2D eigenvalue weighted by Gasteiger charge is 2.17. The van der Waals surface area contributed by atoms with Crippen LogP contribution in [0.2, 0.25) is 0 Å². The van der Waals surface area contributed by atoms with Crippen LogP contribution in [0.4, 0.5) is 0 Å². The normalized spacial score (nSPS) is 14.3. The van der Waals surface area contributed by atoms with Crippen molar-refractivity contribution < 1.29 is 20.1 Å². The van der Waals surface area contributed by atoms with Crippen LogP contribution in [0.3, 0.4) is 0 Å². The second kappa shape index (κ2) is 6.64. The Morgan fingerprint density at radius 1 is 1.35 bits per heavy atom. The summed E-state index contributed by atoms with van der Waals surface area (Å²) in [6, 6.07) is 6.61. The molecule has 0 saturated heterocycles. The van der Waals surface area contributed by atoms with Gasteiger partial charge in [0, 0.05) is 0 Å². The maximum atomic E-state index is 10.6. The fraction of sp³-hybridized carbons (Fsp3) is 0.417. The quantitative estimate of drug-likeness (QED) is 0.573. The van der Waals surface area contributed by atoms with Crippen LogP contribution in [0, 0.1) is 0 Å². The zero-order valence-electron chi connectivity index (χ0n) is 9.28. The van der Waals surface area contributed by atoms with Crippen LogP contribution >= 0.6 is 12.6 Å². The summed E-state index contributed by atoms with van der Waals surface area (Å²) in [4.78, 5) is 10.6. The summed E-state index contributed by atoms with van der Waals surface area (Å²) in [7, 11) is 0. The molecule has 1 aromatic carbocycles. The number of rotatable bonds is 6. The second-order valence-corrected chi connectivity index (χ2v) is 4.29. The van der Waals surface area contributed by atoms with Crippen LogP contribution in [0.1, 0.15) is 23.7 Å². The van der Waals surface area contributed by atoms with E-state index in [4.69, 9.17) is 5.11 Å². The molecule has 17 heavy (non-hydrogen) atoms. The standard InChI is InChI=1S/C12H16O4S/c13-10(4-5-17)12(16)9-3-1-2-8(6-9)7-11(14)15/h1-3,6,10,12-13,16-17H,4-5,7H2,(H,14,15). The first-order valence-corrected chi connectivity index (χ1v) is 5.95. The predicted octanol–water partition coefficient (Wildman–Crippen LogP) is 1.03. The van der Waals surface area contributed by atoms with E-state index < -0.39 is 18.2 Å². The number of carboxylic acids is 1. The fourth-order valence-electron chi connectivity index (χ4n) is 1.57. The minimum atomic E-state index is -1.00. The third-order valence-electron chi connectivity index (χ3n) is 2.44. The molecule has 0 aromatic heterocycles. The lowest BCUT2D eigenvalue weighted by atomic mass is 9.99. The first kappa shape index (κ1) is 14.0. The van der Waals surface area contributed by atoms with Gasteiger partial charge >= 0.3 is 5.97 Å². The number of aliphatic hydroxyl groups excluding tert-OH is 2. The van der Waals surface area contributed by atoms with Gasteiger partial charge in [-0.3, -0.25) is 4.79 Å². The number of carboxylic acid groups (broad SMARTS) is 1. The van der Waals surface area contributed by atoms with Crippen LogP contribution in [-0.2, 0) is 11.2 Å². The maximum Gasteiger partial charge on any atom is 0.307 e. The topological polar surface area (TPSA) is 77.8 Å². The molecule has 1 rings (SSSR count). The molecule has 0 fully saturated rings. The first-order chi connectivity index (χ1) is 8.04. The average molecular weight is 256 g/mol. The van der Waals surface area contributed by atoms with Crippen molar-refractivity contribution in [1.29, 1.82) is 0 Å². The molecule has 0 saturated carbocycles. The zero-order valence-corrected chi connectivity index (χ0v) is 10.2. The molecule has 0 spiro atoms. The van der Waals surface area contributed by atoms with Crippen LogP contribution in [0.15, 0.2) is 24.3 Å². The van der Waals surface area contributed by atoms with E-state index in [1.807, 2.05) is 0 Å². The summed E-state index contributed by atoms with van der Waals surface area (Å²) < 4.78 is 0. The number of carbonyl (C=O) groups is 1. The Kier molecular flexibility index (Phi) is 5.47. The van der Waals surface area contributed by atoms with E-state index in [2.05, 4.69) is 12.6 Å². The largest absolute Gasteiger partial charge is 0.481 e. The number of benzene rings is 1. The molecule has 0 amide bonds. The maximum absolute atomic E-state index is 10.6. The van der Waals surface area contributed by atoms with Crippen molar-refractivity contribution in [2.75, 3.05) is 5.75 Å². The molecule has 1 aromatic rings. The lowest BCUT2D eigenvalue weighted by molar-refractivity contribution is -0.136. The summed E-state index contributed by atoms with van der Waals surface area (Å²) in [5.41, 5.74) is 1.13. The average Bonchev–Trinajstić information content (AvgIpc) is 2.28. The molecular weight excluding hydrogens is 240 g/mol. The minimum absolute atomic E-state index is 0.0940. The number of aliphatic carboxylic acids is 1. The smallest absolute Gasteiger partial charge is 0.307 e. The van der Waals surface area contributed by atoms with Gasteiger partial charge in [-0.1, -0.05) is 24.3 Å². The predicted molar refractivity (Wildman–Crippen MR) is 67.2 cm³/mol. The molecule has 0 heterocycles. The SMILES string of the molecule is O=C(O)Cc1cccc(C(O)C(O)CCS)c1. The monoisotopic (exact) mass is 256 g/mol. The minimum Gasteiger partial charge on any atom is -0.481 e. The second-order valence-electron chi connectivity index (χ2n) is 3.84. The van der Waals surface area contributed by atoms with Crippen molar-refractivity contribution in [1.82, 2.24) is 0 Å². The van der Waals surface area contributed by atoms with Gasteiger partial charge in [-0.2, -0.15) is 12.6 Å². The van der Waals surface area contributed by atoms with Gasteiger partial charge in [0.1, 0.15) is 6.10 Å². The van der Waals surface area contributed by atoms with Crippen LogP contribution in [0.5, 0.6) is 0 Å². The molecule has 2 unspecified atom stereocenters. The van der Waals surface area contributed by atoms with Crippen molar-refractivity contribution in [3.63, 3.8) is 0 Å². The van der Waals surface area contributed by atoms with Crippen molar-refractivity contribution in [3.05, 3.63) is 35.4 Å². The molecule has 0 aliphatic carbocycles. The molecule has 3 N–H and O–H groups in total. The molecule has 0 aliphatic rings. The van der Waals surface area contributed by atoms with E-state index in [-0.39, 0.29) is 6.42 Å². The highest BCUT2D eigenvalue weighted by atomic mass is 32.1. The van der Waals surface area contributed by atoms with Gasteiger partial charge in [0.15, 0.2) is 0 Å². The summed E-state index contributed by atoms with van der Waals surface area (Å²) in [6.07, 6.45) is -1.60. The Bertz CT molecular complexity index is 381. The Balaban J connectivity index is 2.79. The molecule has 5 heteroatoms. The van der Waals surface area contributed by atoms with Crippen molar-refractivity contribution in [2.24, 2.45) is 0 Å². The van der Waals surface area contributed by atoms with Crippen molar-refractivity contribution in [3.8, 4) is 0 Å². The van der Waals surface area contributed by atoms with E-state index in [0.717, 1.165) is 0 Å². The molecule has 4 nitrogen and oxygen atoms in total. The van der Waals surface area contributed by atoms with Crippen LogP contribution < -0.4 is 0 Å². The molecule has 0 bridgehead atoms. The van der Waals surface area contributed by atoms with Crippen LogP contribution in [0.25, 0.3) is 0 Å². The molecular formula is C12H16O4S. The highest BCUT2D eigenvalue weighted by molar-refractivity contribution is 7.80. The molecule has 0 aliphatic heterocycles. The molecule has 2 atom stereocenters.